The van der Waals surface area contributed by atoms with Crippen LogP contribution in [0.2, 0.25) is 0 Å². The van der Waals surface area contributed by atoms with Crippen LogP contribution >= 0.6 is 11.8 Å². The van der Waals surface area contributed by atoms with E-state index in [0.717, 1.165) is 5.75 Å². The SMILES string of the molecule is COc1cc(SC)ccc1C(C)(C)C. The summed E-state index contributed by atoms with van der Waals surface area (Å²) in [7, 11) is 1.73. The molecule has 0 aliphatic carbocycles. The zero-order valence-corrected chi connectivity index (χ0v) is 10.4. The van der Waals surface area contributed by atoms with Gasteiger partial charge in [0.05, 0.1) is 7.11 Å². The van der Waals surface area contributed by atoms with Gasteiger partial charge >= 0.3 is 0 Å². The molecular formula is C12H18OS. The van der Waals surface area contributed by atoms with Crippen LogP contribution in [0.5, 0.6) is 5.75 Å². The fraction of sp³-hybridized carbons (Fsp3) is 0.500. The van der Waals surface area contributed by atoms with Gasteiger partial charge in [0, 0.05) is 4.90 Å². The number of hydrogen-bond acceptors (Lipinski definition) is 2. The van der Waals surface area contributed by atoms with Crippen LogP contribution in [0.3, 0.4) is 0 Å². The second kappa shape index (κ2) is 4.26. The number of hydrogen-bond donors (Lipinski definition) is 0. The first-order chi connectivity index (χ1) is 6.49. The number of thioether (sulfide) groups is 1. The molecule has 78 valence electrons. The third-order valence-electron chi connectivity index (χ3n) is 2.22. The van der Waals surface area contributed by atoms with Gasteiger partial charge in [-0.2, -0.15) is 0 Å². The molecule has 0 unspecified atom stereocenters. The van der Waals surface area contributed by atoms with Crippen LogP contribution < -0.4 is 4.74 Å². The van der Waals surface area contributed by atoms with Gasteiger partial charge in [-0.05, 0) is 29.4 Å². The normalized spacial score (nSPS) is 11.5. The number of methoxy groups -OCH3 is 1. The third-order valence-corrected chi connectivity index (χ3v) is 2.94. The molecule has 0 radical (unpaired) electrons. The quantitative estimate of drug-likeness (QED) is 0.688. The Morgan fingerprint density at radius 2 is 1.86 bits per heavy atom. The lowest BCUT2D eigenvalue weighted by Crippen LogP contribution is -2.12. The summed E-state index contributed by atoms with van der Waals surface area (Å²) in [5.41, 5.74) is 1.40. The van der Waals surface area contributed by atoms with E-state index in [2.05, 4.69) is 45.2 Å². The highest BCUT2D eigenvalue weighted by atomic mass is 32.2. The molecule has 0 N–H and O–H groups in total. The number of rotatable bonds is 2. The molecule has 0 heterocycles. The van der Waals surface area contributed by atoms with Crippen molar-refractivity contribution >= 4 is 11.8 Å². The molecule has 0 fully saturated rings. The third kappa shape index (κ3) is 2.44. The Morgan fingerprint density at radius 3 is 2.29 bits per heavy atom. The van der Waals surface area contributed by atoms with Gasteiger partial charge in [0.1, 0.15) is 5.75 Å². The van der Waals surface area contributed by atoms with E-state index in [1.807, 2.05) is 0 Å². The molecular weight excluding hydrogens is 192 g/mol. The highest BCUT2D eigenvalue weighted by Crippen LogP contribution is 2.33. The van der Waals surface area contributed by atoms with Crippen molar-refractivity contribution in [3.63, 3.8) is 0 Å². The van der Waals surface area contributed by atoms with E-state index in [1.165, 1.54) is 10.5 Å². The van der Waals surface area contributed by atoms with Crippen LogP contribution in [-0.2, 0) is 5.41 Å². The van der Waals surface area contributed by atoms with Crippen molar-refractivity contribution in [2.45, 2.75) is 31.1 Å². The smallest absolute Gasteiger partial charge is 0.123 e. The molecule has 0 amide bonds. The number of benzene rings is 1. The van der Waals surface area contributed by atoms with E-state index in [1.54, 1.807) is 18.9 Å². The summed E-state index contributed by atoms with van der Waals surface area (Å²) in [4.78, 5) is 1.25. The first kappa shape index (κ1) is 11.4. The second-order valence-corrected chi connectivity index (χ2v) is 5.20. The van der Waals surface area contributed by atoms with Crippen LogP contribution in [0.15, 0.2) is 23.1 Å². The predicted octanol–water partition coefficient (Wildman–Crippen LogP) is 3.71. The molecule has 14 heavy (non-hydrogen) atoms. The molecule has 0 aliphatic heterocycles. The van der Waals surface area contributed by atoms with Crippen LogP contribution in [0, 0.1) is 0 Å². The monoisotopic (exact) mass is 210 g/mol. The zero-order chi connectivity index (χ0) is 10.8. The van der Waals surface area contributed by atoms with Crippen LogP contribution in [-0.4, -0.2) is 13.4 Å². The lowest BCUT2D eigenvalue weighted by molar-refractivity contribution is 0.396. The van der Waals surface area contributed by atoms with Gasteiger partial charge in [-0.3, -0.25) is 0 Å². The average Bonchev–Trinajstić information content (AvgIpc) is 2.15. The second-order valence-electron chi connectivity index (χ2n) is 4.32. The fourth-order valence-corrected chi connectivity index (χ4v) is 1.85. The molecule has 0 spiro atoms. The van der Waals surface area contributed by atoms with Gasteiger partial charge in [-0.15, -0.1) is 11.8 Å². The van der Waals surface area contributed by atoms with Crippen molar-refractivity contribution in [1.29, 1.82) is 0 Å². The molecule has 1 aromatic rings. The highest BCUT2D eigenvalue weighted by molar-refractivity contribution is 7.98. The molecule has 0 bridgehead atoms. The molecule has 0 aliphatic rings. The minimum absolute atomic E-state index is 0.141. The van der Waals surface area contributed by atoms with Crippen LogP contribution in [0.1, 0.15) is 26.3 Å². The van der Waals surface area contributed by atoms with Crippen LogP contribution in [0.25, 0.3) is 0 Å². The Morgan fingerprint density at radius 1 is 1.21 bits per heavy atom. The summed E-state index contributed by atoms with van der Waals surface area (Å²) >= 11 is 1.74. The maximum atomic E-state index is 5.40. The first-order valence-electron chi connectivity index (χ1n) is 4.71. The molecule has 0 saturated carbocycles. The minimum Gasteiger partial charge on any atom is -0.496 e. The summed E-state index contributed by atoms with van der Waals surface area (Å²) in [6.45, 7) is 6.59. The number of ether oxygens (including phenoxy) is 1. The summed E-state index contributed by atoms with van der Waals surface area (Å²) in [5, 5.41) is 0. The highest BCUT2D eigenvalue weighted by Gasteiger charge is 2.18. The Kier molecular flexibility index (Phi) is 3.48. The lowest BCUT2D eigenvalue weighted by atomic mass is 9.86. The van der Waals surface area contributed by atoms with E-state index in [9.17, 15) is 0 Å². The van der Waals surface area contributed by atoms with Gasteiger partial charge in [0.25, 0.3) is 0 Å². The van der Waals surface area contributed by atoms with E-state index < -0.39 is 0 Å². The molecule has 0 aromatic heterocycles. The van der Waals surface area contributed by atoms with Crippen molar-refractivity contribution in [3.05, 3.63) is 23.8 Å². The van der Waals surface area contributed by atoms with E-state index in [4.69, 9.17) is 4.74 Å². The molecule has 1 nitrogen and oxygen atoms in total. The van der Waals surface area contributed by atoms with Gasteiger partial charge in [-0.25, -0.2) is 0 Å². The maximum absolute atomic E-state index is 5.40. The maximum Gasteiger partial charge on any atom is 0.123 e. The first-order valence-corrected chi connectivity index (χ1v) is 5.94. The van der Waals surface area contributed by atoms with Crippen molar-refractivity contribution in [3.8, 4) is 5.75 Å². The standard InChI is InChI=1S/C12H18OS/c1-12(2,3)10-7-6-9(14-5)8-11(10)13-4/h6-8H,1-5H3. The molecule has 0 atom stereocenters. The van der Waals surface area contributed by atoms with E-state index in [-0.39, 0.29) is 5.41 Å². The van der Waals surface area contributed by atoms with Gasteiger partial charge in [0.2, 0.25) is 0 Å². The Balaban J connectivity index is 3.18. The van der Waals surface area contributed by atoms with Crippen molar-refractivity contribution in [2.75, 3.05) is 13.4 Å². The van der Waals surface area contributed by atoms with Crippen molar-refractivity contribution in [1.82, 2.24) is 0 Å². The summed E-state index contributed by atoms with van der Waals surface area (Å²) in [6, 6.07) is 6.41. The fourth-order valence-electron chi connectivity index (χ4n) is 1.42. The lowest BCUT2D eigenvalue weighted by Gasteiger charge is -2.22. The minimum atomic E-state index is 0.141. The summed E-state index contributed by atoms with van der Waals surface area (Å²) in [6.07, 6.45) is 2.07. The predicted molar refractivity (Wildman–Crippen MR) is 63.5 cm³/mol. The van der Waals surface area contributed by atoms with Crippen molar-refractivity contribution < 1.29 is 4.74 Å². The molecule has 2 heteroatoms. The van der Waals surface area contributed by atoms with Crippen LogP contribution in [0.4, 0.5) is 0 Å². The summed E-state index contributed by atoms with van der Waals surface area (Å²) < 4.78 is 5.40. The van der Waals surface area contributed by atoms with Gasteiger partial charge in [0.15, 0.2) is 0 Å². The Hall–Kier alpha value is -0.630. The van der Waals surface area contributed by atoms with Gasteiger partial charge in [-0.1, -0.05) is 26.8 Å². The molecule has 1 rings (SSSR count). The largest absolute Gasteiger partial charge is 0.496 e. The topological polar surface area (TPSA) is 9.23 Å². The Labute approximate surface area is 90.9 Å². The van der Waals surface area contributed by atoms with Gasteiger partial charge < -0.3 is 4.74 Å². The van der Waals surface area contributed by atoms with E-state index in [0.29, 0.717) is 0 Å². The molecule has 1 aromatic carbocycles. The zero-order valence-electron chi connectivity index (χ0n) is 9.55. The average molecular weight is 210 g/mol. The van der Waals surface area contributed by atoms with E-state index >= 15 is 0 Å². The summed E-state index contributed by atoms with van der Waals surface area (Å²) in [5.74, 6) is 0.990. The molecule has 0 saturated heterocycles. The van der Waals surface area contributed by atoms with Crippen molar-refractivity contribution in [2.24, 2.45) is 0 Å². The Bertz CT molecular complexity index is 313.